The van der Waals surface area contributed by atoms with Gasteiger partial charge < -0.3 is 9.64 Å². The Balaban J connectivity index is 2.91. The molecule has 0 aliphatic heterocycles. The summed E-state index contributed by atoms with van der Waals surface area (Å²) in [5, 5.41) is 10.4. The number of non-ortho nitro benzene ring substituents is 1. The molecule has 0 unspecified atom stereocenters. The fourth-order valence-corrected chi connectivity index (χ4v) is 1.08. The maximum Gasteiger partial charge on any atom is 0.414 e. The molecule has 0 aliphatic rings. The number of nitro groups is 1. The van der Waals surface area contributed by atoms with Gasteiger partial charge in [-0.1, -0.05) is 11.6 Å². The van der Waals surface area contributed by atoms with Gasteiger partial charge in [0.05, 0.1) is 9.95 Å². The number of nitro benzene ring substituents is 1. The Hall–Kier alpha value is -1.82. The van der Waals surface area contributed by atoms with E-state index in [2.05, 4.69) is 0 Å². The van der Waals surface area contributed by atoms with E-state index in [9.17, 15) is 14.9 Å². The van der Waals surface area contributed by atoms with E-state index in [0.29, 0.717) is 0 Å². The van der Waals surface area contributed by atoms with E-state index in [1.54, 1.807) is 0 Å². The maximum atomic E-state index is 11.2. The van der Waals surface area contributed by atoms with Gasteiger partial charge in [0.1, 0.15) is 0 Å². The van der Waals surface area contributed by atoms with Crippen molar-refractivity contribution in [3.05, 3.63) is 33.3 Å². The molecule has 0 saturated carbocycles. The molecule has 0 fully saturated rings. The molecule has 0 heterocycles. The largest absolute Gasteiger partial charge is 0.414 e. The van der Waals surface area contributed by atoms with Crippen molar-refractivity contribution in [1.29, 1.82) is 0 Å². The smallest absolute Gasteiger partial charge is 0.409 e. The van der Waals surface area contributed by atoms with Crippen LogP contribution in [-0.2, 0) is 0 Å². The van der Waals surface area contributed by atoms with Crippen molar-refractivity contribution in [2.75, 3.05) is 14.1 Å². The first-order valence-corrected chi connectivity index (χ1v) is 4.62. The van der Waals surface area contributed by atoms with Crippen LogP contribution in [0.5, 0.6) is 5.75 Å². The van der Waals surface area contributed by atoms with Gasteiger partial charge >= 0.3 is 6.09 Å². The minimum atomic E-state index is -0.601. The van der Waals surface area contributed by atoms with Gasteiger partial charge in [-0.05, 0) is 6.07 Å². The number of rotatable bonds is 2. The van der Waals surface area contributed by atoms with Crippen molar-refractivity contribution in [3.63, 3.8) is 0 Å². The molecule has 0 spiro atoms. The van der Waals surface area contributed by atoms with Crippen molar-refractivity contribution in [1.82, 2.24) is 4.90 Å². The third kappa shape index (κ3) is 2.83. The Labute approximate surface area is 96.5 Å². The summed E-state index contributed by atoms with van der Waals surface area (Å²) in [7, 11) is 3.03. The number of amides is 1. The van der Waals surface area contributed by atoms with Gasteiger partial charge in [-0.3, -0.25) is 10.1 Å². The molecule has 7 heteroatoms. The molecule has 16 heavy (non-hydrogen) atoms. The quantitative estimate of drug-likeness (QED) is 0.591. The van der Waals surface area contributed by atoms with E-state index in [1.165, 1.54) is 31.1 Å². The van der Waals surface area contributed by atoms with Gasteiger partial charge in [-0.2, -0.15) is 0 Å². The van der Waals surface area contributed by atoms with E-state index in [-0.39, 0.29) is 16.5 Å². The summed E-state index contributed by atoms with van der Waals surface area (Å²) in [6.45, 7) is 0. The topological polar surface area (TPSA) is 72.7 Å². The molecule has 0 aromatic heterocycles. The van der Waals surface area contributed by atoms with Gasteiger partial charge in [0, 0.05) is 26.2 Å². The zero-order valence-electron chi connectivity index (χ0n) is 8.64. The molecule has 0 N–H and O–H groups in total. The summed E-state index contributed by atoms with van der Waals surface area (Å²) in [4.78, 5) is 22.3. The molecule has 1 rings (SSSR count). The minimum absolute atomic E-state index is 0.0180. The predicted octanol–water partition coefficient (Wildman–Crippen LogP) is 2.31. The standard InChI is InChI=1S/C9H9ClN2O4/c1-11(2)9(13)16-8-4-3-6(12(14)15)5-7(8)10/h3-5H,1-2H3. The van der Waals surface area contributed by atoms with Crippen LogP contribution in [0.15, 0.2) is 18.2 Å². The van der Waals surface area contributed by atoms with Crippen molar-refractivity contribution >= 4 is 23.4 Å². The number of carbonyl (C=O) groups is 1. The number of hydrogen-bond acceptors (Lipinski definition) is 4. The fraction of sp³-hybridized carbons (Fsp3) is 0.222. The fourth-order valence-electron chi connectivity index (χ4n) is 0.871. The lowest BCUT2D eigenvalue weighted by Crippen LogP contribution is -2.25. The van der Waals surface area contributed by atoms with Gasteiger partial charge in [0.25, 0.3) is 5.69 Å². The number of ether oxygens (including phenoxy) is 1. The van der Waals surface area contributed by atoms with Crippen molar-refractivity contribution in [3.8, 4) is 5.75 Å². The highest BCUT2D eigenvalue weighted by atomic mass is 35.5. The predicted molar refractivity (Wildman–Crippen MR) is 57.8 cm³/mol. The van der Waals surface area contributed by atoms with Crippen LogP contribution in [0, 0.1) is 10.1 Å². The van der Waals surface area contributed by atoms with Gasteiger partial charge in [-0.25, -0.2) is 4.79 Å². The normalized spacial score (nSPS) is 9.69. The highest BCUT2D eigenvalue weighted by molar-refractivity contribution is 6.32. The SMILES string of the molecule is CN(C)C(=O)Oc1ccc([N+](=O)[O-])cc1Cl. The molecule has 0 bridgehead atoms. The Morgan fingerprint density at radius 2 is 2.12 bits per heavy atom. The van der Waals surface area contributed by atoms with Gasteiger partial charge in [0.15, 0.2) is 5.75 Å². The third-order valence-electron chi connectivity index (χ3n) is 1.69. The summed E-state index contributed by atoms with van der Waals surface area (Å²) in [5.41, 5.74) is -0.158. The Kier molecular flexibility index (Phi) is 3.68. The number of nitrogens with zero attached hydrogens (tertiary/aromatic N) is 2. The molecule has 1 amide bonds. The number of benzene rings is 1. The van der Waals surface area contributed by atoms with E-state index in [1.807, 2.05) is 0 Å². The second-order valence-corrected chi connectivity index (χ2v) is 3.54. The Morgan fingerprint density at radius 3 is 2.56 bits per heavy atom. The number of halogens is 1. The van der Waals surface area contributed by atoms with Crippen LogP contribution in [-0.4, -0.2) is 30.0 Å². The van der Waals surface area contributed by atoms with E-state index >= 15 is 0 Å². The van der Waals surface area contributed by atoms with Crippen LogP contribution in [0.1, 0.15) is 0 Å². The lowest BCUT2D eigenvalue weighted by atomic mass is 10.3. The van der Waals surface area contributed by atoms with E-state index in [0.717, 1.165) is 6.07 Å². The van der Waals surface area contributed by atoms with Crippen molar-refractivity contribution in [2.45, 2.75) is 0 Å². The Morgan fingerprint density at radius 1 is 1.50 bits per heavy atom. The van der Waals surface area contributed by atoms with Gasteiger partial charge in [-0.15, -0.1) is 0 Å². The van der Waals surface area contributed by atoms with E-state index < -0.39 is 11.0 Å². The molecular formula is C9H9ClN2O4. The van der Waals surface area contributed by atoms with Crippen molar-refractivity contribution < 1.29 is 14.5 Å². The second kappa shape index (κ2) is 4.80. The molecule has 6 nitrogen and oxygen atoms in total. The highest BCUT2D eigenvalue weighted by Crippen LogP contribution is 2.28. The van der Waals surface area contributed by atoms with Crippen LogP contribution in [0.4, 0.5) is 10.5 Å². The monoisotopic (exact) mass is 244 g/mol. The maximum absolute atomic E-state index is 11.2. The average molecular weight is 245 g/mol. The molecule has 0 aliphatic carbocycles. The molecular weight excluding hydrogens is 236 g/mol. The zero-order valence-corrected chi connectivity index (χ0v) is 9.39. The molecule has 86 valence electrons. The second-order valence-electron chi connectivity index (χ2n) is 3.13. The molecule has 1 aromatic rings. The molecule has 0 atom stereocenters. The summed E-state index contributed by atoms with van der Waals surface area (Å²) in [6.07, 6.45) is -0.601. The average Bonchev–Trinajstić information content (AvgIpc) is 2.20. The first kappa shape index (κ1) is 12.3. The summed E-state index contributed by atoms with van der Waals surface area (Å²) in [5.74, 6) is 0.0889. The summed E-state index contributed by atoms with van der Waals surface area (Å²) in [6, 6.07) is 3.62. The summed E-state index contributed by atoms with van der Waals surface area (Å²) < 4.78 is 4.87. The number of hydrogen-bond donors (Lipinski definition) is 0. The highest BCUT2D eigenvalue weighted by Gasteiger charge is 2.13. The van der Waals surface area contributed by atoms with Crippen LogP contribution < -0.4 is 4.74 Å². The third-order valence-corrected chi connectivity index (χ3v) is 1.98. The Bertz CT molecular complexity index is 434. The van der Waals surface area contributed by atoms with Crippen LogP contribution in [0.2, 0.25) is 5.02 Å². The molecule has 0 saturated heterocycles. The van der Waals surface area contributed by atoms with E-state index in [4.69, 9.17) is 16.3 Å². The number of carbonyl (C=O) groups excluding carboxylic acids is 1. The molecule has 1 aromatic carbocycles. The first-order chi connectivity index (χ1) is 7.41. The van der Waals surface area contributed by atoms with Crippen molar-refractivity contribution in [2.24, 2.45) is 0 Å². The van der Waals surface area contributed by atoms with Gasteiger partial charge in [0.2, 0.25) is 0 Å². The lowest BCUT2D eigenvalue weighted by molar-refractivity contribution is -0.384. The van der Waals surface area contributed by atoms with Crippen LogP contribution >= 0.6 is 11.6 Å². The first-order valence-electron chi connectivity index (χ1n) is 4.25. The zero-order chi connectivity index (χ0) is 12.3. The molecule has 0 radical (unpaired) electrons. The lowest BCUT2D eigenvalue weighted by Gasteiger charge is -2.11. The van der Waals surface area contributed by atoms with Crippen LogP contribution in [0.3, 0.4) is 0 Å². The minimum Gasteiger partial charge on any atom is -0.409 e. The summed E-state index contributed by atoms with van der Waals surface area (Å²) >= 11 is 5.72. The van der Waals surface area contributed by atoms with Crippen LogP contribution in [0.25, 0.3) is 0 Å².